The number of halogens is 3. The van der Waals surface area contributed by atoms with Gasteiger partial charge in [0, 0.05) is 12.1 Å². The molecule has 0 spiro atoms. The number of aryl methyl sites for hydroxylation is 1. The van der Waals surface area contributed by atoms with Gasteiger partial charge in [0.1, 0.15) is 5.82 Å². The van der Waals surface area contributed by atoms with Crippen LogP contribution in [-0.4, -0.2) is 6.04 Å². The molecule has 1 aromatic carbocycles. The van der Waals surface area contributed by atoms with E-state index in [-0.39, 0.29) is 11.6 Å². The molecule has 1 atom stereocenters. The Hall–Kier alpha value is -1.03. The van der Waals surface area contributed by atoms with Gasteiger partial charge in [-0.1, -0.05) is 0 Å². The Kier molecular flexibility index (Phi) is 3.52. The van der Waals surface area contributed by atoms with E-state index in [1.807, 2.05) is 0 Å². The van der Waals surface area contributed by atoms with Crippen LogP contribution in [0.4, 0.5) is 13.2 Å². The Bertz CT molecular complexity index is 323. The summed E-state index contributed by atoms with van der Waals surface area (Å²) in [5.74, 6) is -2.90. The van der Waals surface area contributed by atoms with Crippen LogP contribution in [-0.2, 0) is 6.42 Å². The maximum absolute atomic E-state index is 13.0. The fourth-order valence-electron chi connectivity index (χ4n) is 1.14. The minimum atomic E-state index is -1.16. The van der Waals surface area contributed by atoms with Crippen LogP contribution < -0.4 is 5.73 Å². The van der Waals surface area contributed by atoms with Gasteiger partial charge < -0.3 is 5.73 Å². The molecular weight excluding hydrogens is 191 g/mol. The molecule has 0 radical (unpaired) electrons. The second-order valence-electron chi connectivity index (χ2n) is 3.37. The minimum absolute atomic E-state index is 0.0810. The quantitative estimate of drug-likeness (QED) is 0.750. The van der Waals surface area contributed by atoms with E-state index in [0.29, 0.717) is 18.9 Å². The van der Waals surface area contributed by atoms with Crippen LogP contribution in [0.15, 0.2) is 12.1 Å². The molecule has 1 nitrogen and oxygen atoms in total. The molecule has 1 aromatic rings. The molecule has 4 heteroatoms. The third-order valence-corrected chi connectivity index (χ3v) is 1.96. The van der Waals surface area contributed by atoms with Gasteiger partial charge in [-0.3, -0.25) is 0 Å². The van der Waals surface area contributed by atoms with E-state index in [2.05, 4.69) is 0 Å². The van der Waals surface area contributed by atoms with E-state index >= 15 is 0 Å². The van der Waals surface area contributed by atoms with Gasteiger partial charge >= 0.3 is 0 Å². The molecule has 0 fully saturated rings. The van der Waals surface area contributed by atoms with Gasteiger partial charge in [-0.05, 0) is 31.4 Å². The summed E-state index contributed by atoms with van der Waals surface area (Å²) in [5.41, 5.74) is 5.64. The standard InChI is InChI=1S/C10H12F3N/c1-6(14)2-3-7-4-9(12)10(13)5-8(7)11/h4-6H,2-3,14H2,1H3. The molecule has 14 heavy (non-hydrogen) atoms. The molecule has 0 aliphatic heterocycles. The highest BCUT2D eigenvalue weighted by molar-refractivity contribution is 5.20. The van der Waals surface area contributed by atoms with Gasteiger partial charge in [0.2, 0.25) is 0 Å². The van der Waals surface area contributed by atoms with Gasteiger partial charge in [-0.25, -0.2) is 13.2 Å². The summed E-state index contributed by atoms with van der Waals surface area (Å²) >= 11 is 0. The van der Waals surface area contributed by atoms with Crippen molar-refractivity contribution in [3.8, 4) is 0 Å². The van der Waals surface area contributed by atoms with Gasteiger partial charge in [0.05, 0.1) is 0 Å². The summed E-state index contributed by atoms with van der Waals surface area (Å²) < 4.78 is 38.3. The van der Waals surface area contributed by atoms with Crippen LogP contribution in [0.5, 0.6) is 0 Å². The van der Waals surface area contributed by atoms with Crippen molar-refractivity contribution in [1.82, 2.24) is 0 Å². The molecule has 0 saturated heterocycles. The Labute approximate surface area is 80.7 Å². The second-order valence-corrected chi connectivity index (χ2v) is 3.37. The fourth-order valence-corrected chi connectivity index (χ4v) is 1.14. The first-order valence-corrected chi connectivity index (χ1v) is 4.39. The molecular formula is C10H12F3N. The lowest BCUT2D eigenvalue weighted by Crippen LogP contribution is -2.15. The lowest BCUT2D eigenvalue weighted by molar-refractivity contribution is 0.488. The maximum Gasteiger partial charge on any atom is 0.161 e. The summed E-state index contributed by atoms with van der Waals surface area (Å²) in [6.45, 7) is 1.78. The highest BCUT2D eigenvalue weighted by Crippen LogP contribution is 2.15. The van der Waals surface area contributed by atoms with Gasteiger partial charge in [-0.2, -0.15) is 0 Å². The smallest absolute Gasteiger partial charge is 0.161 e. The van der Waals surface area contributed by atoms with Crippen molar-refractivity contribution in [3.63, 3.8) is 0 Å². The lowest BCUT2D eigenvalue weighted by Gasteiger charge is -2.06. The first-order chi connectivity index (χ1) is 6.50. The molecule has 78 valence electrons. The normalized spacial score (nSPS) is 12.9. The molecule has 0 aromatic heterocycles. The van der Waals surface area contributed by atoms with Gasteiger partial charge in [-0.15, -0.1) is 0 Å². The predicted octanol–water partition coefficient (Wildman–Crippen LogP) is 2.38. The summed E-state index contributed by atoms with van der Waals surface area (Å²) in [4.78, 5) is 0. The van der Waals surface area contributed by atoms with E-state index in [1.54, 1.807) is 6.92 Å². The zero-order chi connectivity index (χ0) is 10.7. The van der Waals surface area contributed by atoms with Crippen LogP contribution >= 0.6 is 0 Å². The number of hydrogen-bond acceptors (Lipinski definition) is 1. The van der Waals surface area contributed by atoms with Crippen molar-refractivity contribution in [2.75, 3.05) is 0 Å². The SMILES string of the molecule is CC(N)CCc1cc(F)c(F)cc1F. The summed E-state index contributed by atoms with van der Waals surface area (Å²) in [5, 5.41) is 0. The van der Waals surface area contributed by atoms with E-state index in [0.717, 1.165) is 6.07 Å². The van der Waals surface area contributed by atoms with Crippen LogP contribution in [0, 0.1) is 17.5 Å². The largest absolute Gasteiger partial charge is 0.328 e. The summed E-state index contributed by atoms with van der Waals surface area (Å²) in [6.07, 6.45) is 0.864. The monoisotopic (exact) mass is 203 g/mol. The fraction of sp³-hybridized carbons (Fsp3) is 0.400. The minimum Gasteiger partial charge on any atom is -0.328 e. The summed E-state index contributed by atoms with van der Waals surface area (Å²) in [6, 6.07) is 1.36. The van der Waals surface area contributed by atoms with E-state index in [4.69, 9.17) is 5.73 Å². The number of rotatable bonds is 3. The van der Waals surface area contributed by atoms with Gasteiger partial charge in [0.25, 0.3) is 0 Å². The van der Waals surface area contributed by atoms with Crippen LogP contribution in [0.1, 0.15) is 18.9 Å². The third kappa shape index (κ3) is 2.73. The molecule has 0 saturated carbocycles. The highest BCUT2D eigenvalue weighted by Gasteiger charge is 2.09. The maximum atomic E-state index is 13.0. The average Bonchev–Trinajstić information content (AvgIpc) is 2.09. The van der Waals surface area contributed by atoms with Crippen LogP contribution in [0.25, 0.3) is 0 Å². The third-order valence-electron chi connectivity index (χ3n) is 1.96. The van der Waals surface area contributed by atoms with Crippen molar-refractivity contribution >= 4 is 0 Å². The van der Waals surface area contributed by atoms with Crippen molar-refractivity contribution in [3.05, 3.63) is 35.1 Å². The van der Waals surface area contributed by atoms with Crippen molar-refractivity contribution in [2.24, 2.45) is 5.73 Å². The topological polar surface area (TPSA) is 26.0 Å². The van der Waals surface area contributed by atoms with Crippen LogP contribution in [0.2, 0.25) is 0 Å². The zero-order valence-corrected chi connectivity index (χ0v) is 7.86. The molecule has 0 amide bonds. The molecule has 0 aliphatic carbocycles. The Morgan fingerprint density at radius 1 is 1.14 bits per heavy atom. The first-order valence-electron chi connectivity index (χ1n) is 4.39. The zero-order valence-electron chi connectivity index (χ0n) is 7.86. The number of hydrogen-bond donors (Lipinski definition) is 1. The predicted molar refractivity (Wildman–Crippen MR) is 48.3 cm³/mol. The Morgan fingerprint density at radius 2 is 1.71 bits per heavy atom. The average molecular weight is 203 g/mol. The van der Waals surface area contributed by atoms with Crippen molar-refractivity contribution in [1.29, 1.82) is 0 Å². The Morgan fingerprint density at radius 3 is 2.29 bits per heavy atom. The molecule has 0 heterocycles. The molecule has 1 unspecified atom stereocenters. The number of benzene rings is 1. The molecule has 2 N–H and O–H groups in total. The van der Waals surface area contributed by atoms with E-state index < -0.39 is 17.5 Å². The Balaban J connectivity index is 2.82. The van der Waals surface area contributed by atoms with E-state index in [9.17, 15) is 13.2 Å². The van der Waals surface area contributed by atoms with Crippen LogP contribution in [0.3, 0.4) is 0 Å². The van der Waals surface area contributed by atoms with Crippen molar-refractivity contribution < 1.29 is 13.2 Å². The number of nitrogens with two attached hydrogens (primary N) is 1. The summed E-state index contributed by atoms with van der Waals surface area (Å²) in [7, 11) is 0. The first kappa shape index (κ1) is 11.0. The highest BCUT2D eigenvalue weighted by atomic mass is 19.2. The molecule has 0 aliphatic rings. The van der Waals surface area contributed by atoms with Crippen molar-refractivity contribution in [2.45, 2.75) is 25.8 Å². The molecule has 0 bridgehead atoms. The lowest BCUT2D eigenvalue weighted by atomic mass is 10.1. The van der Waals surface area contributed by atoms with Gasteiger partial charge in [0.15, 0.2) is 11.6 Å². The molecule has 1 rings (SSSR count). The second kappa shape index (κ2) is 4.46. The van der Waals surface area contributed by atoms with E-state index in [1.165, 1.54) is 0 Å².